The zero-order valence-electron chi connectivity index (χ0n) is 16.0. The summed E-state index contributed by atoms with van der Waals surface area (Å²) in [7, 11) is 0. The molecule has 1 aliphatic rings. The minimum absolute atomic E-state index is 0.0313. The highest BCUT2D eigenvalue weighted by Crippen LogP contribution is 2.35. The topological polar surface area (TPSA) is 104 Å². The molecule has 4 N–H and O–H groups in total. The molecule has 0 fully saturated rings. The summed E-state index contributed by atoms with van der Waals surface area (Å²) in [4.78, 5) is 25.1. The van der Waals surface area contributed by atoms with Gasteiger partial charge in [0.25, 0.3) is 0 Å². The quantitative estimate of drug-likeness (QED) is 0.623. The van der Waals surface area contributed by atoms with Gasteiger partial charge in [0.15, 0.2) is 0 Å². The Morgan fingerprint density at radius 2 is 1.69 bits per heavy atom. The van der Waals surface area contributed by atoms with E-state index >= 15 is 0 Å². The van der Waals surface area contributed by atoms with E-state index in [1.165, 1.54) is 0 Å². The molecule has 0 atom stereocenters. The van der Waals surface area contributed by atoms with Crippen LogP contribution >= 0.6 is 0 Å². The van der Waals surface area contributed by atoms with Gasteiger partial charge in [-0.3, -0.25) is 9.89 Å². The molecule has 3 amide bonds. The van der Waals surface area contributed by atoms with Gasteiger partial charge < -0.3 is 16.0 Å². The Hall–Kier alpha value is -3.61. The van der Waals surface area contributed by atoms with Gasteiger partial charge in [0, 0.05) is 30.8 Å². The number of hydrogen-bond acceptors (Lipinski definition) is 3. The first-order valence-electron chi connectivity index (χ1n) is 9.60. The van der Waals surface area contributed by atoms with Crippen molar-refractivity contribution >= 4 is 11.9 Å². The Labute approximate surface area is 168 Å². The zero-order valence-corrected chi connectivity index (χ0v) is 16.0. The first kappa shape index (κ1) is 18.7. The fourth-order valence-electron chi connectivity index (χ4n) is 3.84. The number of aromatic amines is 1. The number of carbonyl (C=O) groups is 2. The van der Waals surface area contributed by atoms with E-state index in [1.807, 2.05) is 36.4 Å². The molecule has 7 nitrogen and oxygen atoms in total. The Kier molecular flexibility index (Phi) is 5.29. The summed E-state index contributed by atoms with van der Waals surface area (Å²) in [5, 5.41) is 10.2. The summed E-state index contributed by atoms with van der Waals surface area (Å²) >= 11 is 0. The lowest BCUT2D eigenvalue weighted by molar-refractivity contribution is -0.131. The number of nitrogens with zero attached hydrogens (tertiary/aromatic N) is 2. The molecule has 0 spiro atoms. The molecule has 1 aromatic heterocycles. The van der Waals surface area contributed by atoms with Crippen LogP contribution in [-0.4, -0.2) is 40.1 Å². The molecule has 148 valence electrons. The minimum atomic E-state index is -0.701. The van der Waals surface area contributed by atoms with Gasteiger partial charge in [-0.25, -0.2) is 4.79 Å². The number of aromatic nitrogens is 2. The maximum Gasteiger partial charge on any atom is 0.312 e. The lowest BCUT2D eigenvalue weighted by Crippen LogP contribution is -2.43. The minimum Gasteiger partial charge on any atom is -0.352 e. The van der Waals surface area contributed by atoms with E-state index in [1.54, 1.807) is 4.90 Å². The standard InChI is InChI=1S/C22H23N5O2/c23-22(29)24-13-19(28)27-12-11-18-17(14-27)21(26-25-18)20(15-7-3-1-4-8-15)16-9-5-2-6-10-16/h1-10,20H,11-14H2,(H,25,26)(H3,23,24,29). The molecule has 3 aromatic rings. The number of nitrogens with two attached hydrogens (primary N) is 1. The fourth-order valence-corrected chi connectivity index (χ4v) is 3.84. The Morgan fingerprint density at radius 1 is 1.07 bits per heavy atom. The third-order valence-electron chi connectivity index (χ3n) is 5.27. The van der Waals surface area contributed by atoms with E-state index in [-0.39, 0.29) is 18.4 Å². The largest absolute Gasteiger partial charge is 0.352 e. The van der Waals surface area contributed by atoms with Crippen molar-refractivity contribution in [2.45, 2.75) is 18.9 Å². The second-order valence-electron chi connectivity index (χ2n) is 7.10. The Morgan fingerprint density at radius 3 is 2.28 bits per heavy atom. The number of rotatable bonds is 5. The number of nitrogens with one attached hydrogen (secondary N) is 2. The van der Waals surface area contributed by atoms with E-state index in [2.05, 4.69) is 39.8 Å². The van der Waals surface area contributed by atoms with Gasteiger partial charge in [-0.2, -0.15) is 5.10 Å². The van der Waals surface area contributed by atoms with Gasteiger partial charge in [-0.15, -0.1) is 0 Å². The van der Waals surface area contributed by atoms with Crippen LogP contribution in [0.4, 0.5) is 4.79 Å². The maximum atomic E-state index is 12.5. The van der Waals surface area contributed by atoms with Crippen LogP contribution in [0.3, 0.4) is 0 Å². The smallest absolute Gasteiger partial charge is 0.312 e. The average molecular weight is 389 g/mol. The van der Waals surface area contributed by atoms with Crippen molar-refractivity contribution in [2.24, 2.45) is 5.73 Å². The van der Waals surface area contributed by atoms with Crippen molar-refractivity contribution in [3.05, 3.63) is 88.7 Å². The number of fused-ring (bicyclic) bond motifs is 1. The van der Waals surface area contributed by atoms with Crippen LogP contribution in [0.5, 0.6) is 0 Å². The highest BCUT2D eigenvalue weighted by Gasteiger charge is 2.29. The van der Waals surface area contributed by atoms with Crippen LogP contribution in [0, 0.1) is 0 Å². The van der Waals surface area contributed by atoms with Crippen molar-refractivity contribution in [3.63, 3.8) is 0 Å². The van der Waals surface area contributed by atoms with E-state index in [0.29, 0.717) is 19.5 Å². The predicted octanol–water partition coefficient (Wildman–Crippen LogP) is 2.14. The molecule has 0 radical (unpaired) electrons. The first-order valence-corrected chi connectivity index (χ1v) is 9.60. The van der Waals surface area contributed by atoms with Crippen LogP contribution in [0.15, 0.2) is 60.7 Å². The highest BCUT2D eigenvalue weighted by molar-refractivity contribution is 5.83. The summed E-state index contributed by atoms with van der Waals surface area (Å²) in [6.07, 6.45) is 0.695. The summed E-state index contributed by atoms with van der Waals surface area (Å²) in [6, 6.07) is 19.8. The third kappa shape index (κ3) is 3.99. The highest BCUT2D eigenvalue weighted by atomic mass is 16.2. The van der Waals surface area contributed by atoms with Crippen LogP contribution in [0.25, 0.3) is 0 Å². The van der Waals surface area contributed by atoms with Gasteiger partial charge in [0.05, 0.1) is 18.2 Å². The predicted molar refractivity (Wildman–Crippen MR) is 109 cm³/mol. The normalized spacial score (nSPS) is 13.2. The third-order valence-corrected chi connectivity index (χ3v) is 5.27. The molecule has 0 unspecified atom stereocenters. The molecule has 4 rings (SSSR count). The molecule has 0 aliphatic carbocycles. The average Bonchev–Trinajstić information content (AvgIpc) is 3.17. The second-order valence-corrected chi connectivity index (χ2v) is 7.10. The Balaban J connectivity index is 1.68. The van der Waals surface area contributed by atoms with Crippen LogP contribution in [-0.2, 0) is 17.8 Å². The number of hydrogen-bond donors (Lipinski definition) is 3. The summed E-state index contributed by atoms with van der Waals surface area (Å²) < 4.78 is 0. The lowest BCUT2D eigenvalue weighted by atomic mass is 9.85. The van der Waals surface area contributed by atoms with Gasteiger partial charge in [0.2, 0.25) is 5.91 Å². The second kappa shape index (κ2) is 8.18. The van der Waals surface area contributed by atoms with Crippen LogP contribution in [0.1, 0.15) is 34.0 Å². The zero-order chi connectivity index (χ0) is 20.2. The monoisotopic (exact) mass is 389 g/mol. The van der Waals surface area contributed by atoms with Gasteiger partial charge >= 0.3 is 6.03 Å². The lowest BCUT2D eigenvalue weighted by Gasteiger charge is -2.28. The number of H-pyrrole nitrogens is 1. The molecule has 1 aliphatic heterocycles. The van der Waals surface area contributed by atoms with Crippen molar-refractivity contribution in [1.82, 2.24) is 20.4 Å². The van der Waals surface area contributed by atoms with E-state index in [4.69, 9.17) is 5.73 Å². The number of urea groups is 1. The molecule has 29 heavy (non-hydrogen) atoms. The molecule has 2 aromatic carbocycles. The summed E-state index contributed by atoms with van der Waals surface area (Å²) in [5.74, 6) is -0.186. The molecule has 2 heterocycles. The van der Waals surface area contributed by atoms with E-state index < -0.39 is 6.03 Å². The van der Waals surface area contributed by atoms with Crippen molar-refractivity contribution in [1.29, 1.82) is 0 Å². The summed E-state index contributed by atoms with van der Waals surface area (Å²) in [5.41, 5.74) is 10.4. The van der Waals surface area contributed by atoms with Gasteiger partial charge in [-0.1, -0.05) is 60.7 Å². The van der Waals surface area contributed by atoms with Crippen molar-refractivity contribution in [2.75, 3.05) is 13.1 Å². The fraction of sp³-hybridized carbons (Fsp3) is 0.227. The first-order chi connectivity index (χ1) is 14.1. The number of benzene rings is 2. The van der Waals surface area contributed by atoms with Crippen LogP contribution < -0.4 is 11.1 Å². The van der Waals surface area contributed by atoms with Crippen molar-refractivity contribution in [3.8, 4) is 0 Å². The molecule has 0 bridgehead atoms. The maximum absolute atomic E-state index is 12.5. The van der Waals surface area contributed by atoms with Crippen molar-refractivity contribution < 1.29 is 9.59 Å². The Bertz CT molecular complexity index is 961. The molecular formula is C22H23N5O2. The SMILES string of the molecule is NC(=O)NCC(=O)N1CCc2[nH]nc(C(c3ccccc3)c3ccccc3)c2C1. The number of carbonyl (C=O) groups excluding carboxylic acids is 2. The molecule has 0 saturated carbocycles. The molecule has 0 saturated heterocycles. The number of amides is 3. The van der Waals surface area contributed by atoms with E-state index in [9.17, 15) is 9.59 Å². The summed E-state index contributed by atoms with van der Waals surface area (Å²) in [6.45, 7) is 0.935. The molecular weight excluding hydrogens is 366 g/mol. The van der Waals surface area contributed by atoms with Crippen LogP contribution in [0.2, 0.25) is 0 Å². The van der Waals surface area contributed by atoms with Gasteiger partial charge in [0.1, 0.15) is 0 Å². The number of primary amides is 1. The molecule has 7 heteroatoms. The van der Waals surface area contributed by atoms with Gasteiger partial charge in [-0.05, 0) is 11.1 Å². The van der Waals surface area contributed by atoms with E-state index in [0.717, 1.165) is 28.1 Å².